The van der Waals surface area contributed by atoms with Crippen molar-refractivity contribution in [1.82, 2.24) is 0 Å². The third-order valence-electron chi connectivity index (χ3n) is 1.93. The molecule has 0 aromatic rings. The molecule has 1 atom stereocenters. The molecule has 0 aliphatic heterocycles. The van der Waals surface area contributed by atoms with E-state index in [9.17, 15) is 4.79 Å². The van der Waals surface area contributed by atoms with E-state index in [1.165, 1.54) is 0 Å². The van der Waals surface area contributed by atoms with Crippen LogP contribution in [0.4, 0.5) is 0 Å². The molecule has 0 aromatic carbocycles. The molecule has 0 rings (SSSR count). The lowest BCUT2D eigenvalue weighted by molar-refractivity contribution is -0.145. The van der Waals surface area contributed by atoms with E-state index < -0.39 is 6.04 Å². The summed E-state index contributed by atoms with van der Waals surface area (Å²) in [6.07, 6.45) is 5.88. The summed E-state index contributed by atoms with van der Waals surface area (Å²) in [5.74, 6) is 0.653. The Hall–Kier alpha value is -0.220. The summed E-state index contributed by atoms with van der Waals surface area (Å²) < 4.78 is 5.03. The van der Waals surface area contributed by atoms with Crippen LogP contribution in [-0.4, -0.2) is 30.6 Å². The molecule has 84 valence electrons. The fourth-order valence-electron chi connectivity index (χ4n) is 0.995. The van der Waals surface area contributed by atoms with Crippen LogP contribution >= 0.6 is 11.8 Å². The van der Waals surface area contributed by atoms with Crippen molar-refractivity contribution in [2.75, 3.05) is 18.6 Å². The molecular formula is C10H21NO2S. The van der Waals surface area contributed by atoms with Crippen molar-refractivity contribution in [3.8, 4) is 0 Å². The number of nitrogens with two attached hydrogens (primary N) is 1. The summed E-state index contributed by atoms with van der Waals surface area (Å²) in [6, 6.07) is -0.441. The molecule has 0 radical (unpaired) electrons. The summed E-state index contributed by atoms with van der Waals surface area (Å²) in [4.78, 5) is 11.3. The average Bonchev–Trinajstić information content (AvgIpc) is 2.20. The molecule has 0 saturated heterocycles. The second-order valence-corrected chi connectivity index (χ2v) is 4.25. The van der Waals surface area contributed by atoms with Crippen molar-refractivity contribution in [2.45, 2.75) is 38.6 Å². The summed E-state index contributed by atoms with van der Waals surface area (Å²) in [7, 11) is 0. The molecule has 0 aromatic heterocycles. The van der Waals surface area contributed by atoms with Crippen LogP contribution in [0.25, 0.3) is 0 Å². The highest BCUT2D eigenvalue weighted by Crippen LogP contribution is 2.01. The number of hydrogen-bond donors (Lipinski definition) is 1. The Balaban J connectivity index is 3.42. The van der Waals surface area contributed by atoms with E-state index in [-0.39, 0.29) is 5.97 Å². The minimum absolute atomic E-state index is 0.254. The highest BCUT2D eigenvalue weighted by Gasteiger charge is 2.13. The molecule has 0 spiro atoms. The second-order valence-electron chi connectivity index (χ2n) is 3.26. The van der Waals surface area contributed by atoms with E-state index in [4.69, 9.17) is 10.5 Å². The summed E-state index contributed by atoms with van der Waals surface area (Å²) in [6.45, 7) is 2.63. The van der Waals surface area contributed by atoms with Gasteiger partial charge in [0, 0.05) is 0 Å². The van der Waals surface area contributed by atoms with Gasteiger partial charge < -0.3 is 10.5 Å². The smallest absolute Gasteiger partial charge is 0.322 e. The van der Waals surface area contributed by atoms with Gasteiger partial charge in [-0.15, -0.1) is 0 Å². The van der Waals surface area contributed by atoms with Crippen LogP contribution in [0.5, 0.6) is 0 Å². The Bertz CT molecular complexity index is 153. The Morgan fingerprint density at radius 1 is 1.50 bits per heavy atom. The highest BCUT2D eigenvalue weighted by atomic mass is 32.2. The first-order chi connectivity index (χ1) is 6.72. The molecular weight excluding hydrogens is 198 g/mol. The number of ether oxygens (including phenoxy) is 1. The number of esters is 1. The summed E-state index contributed by atoms with van der Waals surface area (Å²) in [5.41, 5.74) is 5.63. The summed E-state index contributed by atoms with van der Waals surface area (Å²) >= 11 is 1.69. The molecule has 4 heteroatoms. The first kappa shape index (κ1) is 13.8. The molecule has 0 heterocycles. The van der Waals surface area contributed by atoms with Crippen molar-refractivity contribution < 1.29 is 9.53 Å². The van der Waals surface area contributed by atoms with Crippen LogP contribution < -0.4 is 5.73 Å². The topological polar surface area (TPSA) is 52.3 Å². The lowest BCUT2D eigenvalue weighted by atomic mass is 10.2. The SMILES string of the molecule is CCCCCOC(=O)C(N)CCSC. The average molecular weight is 219 g/mol. The third kappa shape index (κ3) is 7.21. The number of carbonyl (C=O) groups excluding carboxylic acids is 1. The zero-order chi connectivity index (χ0) is 10.8. The lowest BCUT2D eigenvalue weighted by Gasteiger charge is -2.10. The maximum Gasteiger partial charge on any atom is 0.322 e. The number of carbonyl (C=O) groups is 1. The Kier molecular flexibility index (Phi) is 9.19. The first-order valence-electron chi connectivity index (χ1n) is 5.13. The van der Waals surface area contributed by atoms with Gasteiger partial charge in [0.2, 0.25) is 0 Å². The van der Waals surface area contributed by atoms with E-state index in [1.807, 2.05) is 6.26 Å². The minimum Gasteiger partial charge on any atom is -0.465 e. The van der Waals surface area contributed by atoms with Crippen LogP contribution in [0.1, 0.15) is 32.6 Å². The van der Waals surface area contributed by atoms with Crippen LogP contribution in [0.3, 0.4) is 0 Å². The number of unbranched alkanes of at least 4 members (excludes halogenated alkanes) is 2. The predicted octanol–water partition coefficient (Wildman–Crippen LogP) is 1.80. The number of rotatable bonds is 8. The Morgan fingerprint density at radius 3 is 2.79 bits per heavy atom. The molecule has 2 N–H and O–H groups in total. The summed E-state index contributed by atoms with van der Waals surface area (Å²) in [5, 5.41) is 0. The Morgan fingerprint density at radius 2 is 2.21 bits per heavy atom. The van der Waals surface area contributed by atoms with Gasteiger partial charge in [0.05, 0.1) is 6.61 Å². The van der Waals surface area contributed by atoms with E-state index >= 15 is 0 Å². The number of thioether (sulfide) groups is 1. The zero-order valence-electron chi connectivity index (χ0n) is 9.12. The van der Waals surface area contributed by atoms with Crippen LogP contribution in [0.15, 0.2) is 0 Å². The van der Waals surface area contributed by atoms with E-state index in [2.05, 4.69) is 6.92 Å². The van der Waals surface area contributed by atoms with Crippen LogP contribution in [0, 0.1) is 0 Å². The largest absolute Gasteiger partial charge is 0.465 e. The maximum absolute atomic E-state index is 11.3. The van der Waals surface area contributed by atoms with E-state index in [0.29, 0.717) is 13.0 Å². The second kappa shape index (κ2) is 9.34. The van der Waals surface area contributed by atoms with Gasteiger partial charge in [-0.2, -0.15) is 11.8 Å². The van der Waals surface area contributed by atoms with Crippen molar-refractivity contribution >= 4 is 17.7 Å². The maximum atomic E-state index is 11.3. The normalized spacial score (nSPS) is 12.5. The quantitative estimate of drug-likeness (QED) is 0.499. The van der Waals surface area contributed by atoms with E-state index in [1.54, 1.807) is 11.8 Å². The van der Waals surface area contributed by atoms with Crippen LogP contribution in [0.2, 0.25) is 0 Å². The van der Waals surface area contributed by atoms with Crippen molar-refractivity contribution in [3.63, 3.8) is 0 Å². The molecule has 0 saturated carbocycles. The van der Waals surface area contributed by atoms with Gasteiger partial charge in [0.15, 0.2) is 0 Å². The molecule has 3 nitrogen and oxygen atoms in total. The van der Waals surface area contributed by atoms with Gasteiger partial charge in [-0.1, -0.05) is 19.8 Å². The molecule has 14 heavy (non-hydrogen) atoms. The van der Waals surface area contributed by atoms with Gasteiger partial charge in [-0.3, -0.25) is 4.79 Å². The lowest BCUT2D eigenvalue weighted by Crippen LogP contribution is -2.33. The molecule has 0 amide bonds. The van der Waals surface area contributed by atoms with Crippen molar-refractivity contribution in [3.05, 3.63) is 0 Å². The Labute approximate surface area is 90.8 Å². The van der Waals surface area contributed by atoms with E-state index in [0.717, 1.165) is 25.0 Å². The molecule has 1 unspecified atom stereocenters. The van der Waals surface area contributed by atoms with Crippen molar-refractivity contribution in [1.29, 1.82) is 0 Å². The number of hydrogen-bond acceptors (Lipinski definition) is 4. The molecule has 0 aliphatic carbocycles. The van der Waals surface area contributed by atoms with Gasteiger partial charge in [0.1, 0.15) is 6.04 Å². The van der Waals surface area contributed by atoms with Crippen LogP contribution in [-0.2, 0) is 9.53 Å². The zero-order valence-corrected chi connectivity index (χ0v) is 9.94. The van der Waals surface area contributed by atoms with Crippen molar-refractivity contribution in [2.24, 2.45) is 5.73 Å². The van der Waals surface area contributed by atoms with Gasteiger partial charge in [0.25, 0.3) is 0 Å². The third-order valence-corrected chi connectivity index (χ3v) is 2.57. The minimum atomic E-state index is -0.441. The predicted molar refractivity (Wildman–Crippen MR) is 61.5 cm³/mol. The first-order valence-corrected chi connectivity index (χ1v) is 6.53. The molecule has 0 bridgehead atoms. The fraction of sp³-hybridized carbons (Fsp3) is 0.900. The van der Waals surface area contributed by atoms with Gasteiger partial charge in [-0.05, 0) is 24.9 Å². The monoisotopic (exact) mass is 219 g/mol. The highest BCUT2D eigenvalue weighted by molar-refractivity contribution is 7.98. The van der Waals surface area contributed by atoms with Gasteiger partial charge >= 0.3 is 5.97 Å². The fourth-order valence-corrected chi connectivity index (χ4v) is 1.48. The molecule has 0 fully saturated rings. The standard InChI is InChI=1S/C10H21NO2S/c1-3-4-5-7-13-10(12)9(11)6-8-14-2/h9H,3-8,11H2,1-2H3. The molecule has 0 aliphatic rings. The van der Waals surface area contributed by atoms with Gasteiger partial charge in [-0.25, -0.2) is 0 Å².